The zero-order valence-corrected chi connectivity index (χ0v) is 12.6. The quantitative estimate of drug-likeness (QED) is 0.608. The molecule has 0 spiro atoms. The van der Waals surface area contributed by atoms with Gasteiger partial charge in [0.05, 0.1) is 0 Å². The summed E-state index contributed by atoms with van der Waals surface area (Å²) >= 11 is 0. The highest BCUT2D eigenvalue weighted by Crippen LogP contribution is 2.42. The van der Waals surface area contributed by atoms with E-state index in [9.17, 15) is 0 Å². The third-order valence-corrected chi connectivity index (χ3v) is 6.40. The van der Waals surface area contributed by atoms with Crippen molar-refractivity contribution in [2.24, 2.45) is 23.6 Å². The molecule has 0 aromatic carbocycles. The summed E-state index contributed by atoms with van der Waals surface area (Å²) in [5.41, 5.74) is 3.22. The molecule has 3 heteroatoms. The van der Waals surface area contributed by atoms with Crippen molar-refractivity contribution >= 4 is 0 Å². The molecule has 0 aromatic rings. The molecule has 1 aliphatic carbocycles. The molecule has 3 unspecified atom stereocenters. The van der Waals surface area contributed by atoms with Crippen molar-refractivity contribution < 1.29 is 0 Å². The highest BCUT2D eigenvalue weighted by molar-refractivity contribution is 4.98. The summed E-state index contributed by atoms with van der Waals surface area (Å²) in [6.07, 6.45) is 11.1. The number of fused-ring (bicyclic) bond motifs is 2. The van der Waals surface area contributed by atoms with Gasteiger partial charge in [-0.15, -0.1) is 0 Å². The summed E-state index contributed by atoms with van der Waals surface area (Å²) < 4.78 is 0. The summed E-state index contributed by atoms with van der Waals surface area (Å²) in [6, 6.07) is 2.24. The van der Waals surface area contributed by atoms with Crippen LogP contribution < -0.4 is 11.3 Å². The molecule has 19 heavy (non-hydrogen) atoms. The van der Waals surface area contributed by atoms with Crippen LogP contribution in [0.1, 0.15) is 58.3 Å². The van der Waals surface area contributed by atoms with Gasteiger partial charge in [0, 0.05) is 18.1 Å². The van der Waals surface area contributed by atoms with E-state index in [1.54, 1.807) is 0 Å². The monoisotopic (exact) mass is 265 g/mol. The van der Waals surface area contributed by atoms with E-state index in [1.807, 2.05) is 0 Å². The van der Waals surface area contributed by atoms with E-state index in [1.165, 1.54) is 51.4 Å². The lowest BCUT2D eigenvalue weighted by molar-refractivity contribution is 0.0827. The number of nitrogens with zero attached hydrogens (tertiary/aromatic N) is 1. The number of hydrazine groups is 1. The number of nitrogens with one attached hydrogen (secondary N) is 1. The molecule has 2 bridgehead atoms. The maximum Gasteiger partial charge on any atom is 0.0268 e. The molecule has 3 rings (SSSR count). The normalized spacial score (nSPS) is 45.3. The molecular weight excluding hydrogens is 234 g/mol. The first-order valence-corrected chi connectivity index (χ1v) is 8.37. The lowest BCUT2D eigenvalue weighted by Gasteiger charge is -2.43. The molecule has 2 heterocycles. The fourth-order valence-electron chi connectivity index (χ4n) is 5.05. The summed E-state index contributed by atoms with van der Waals surface area (Å²) in [5.74, 6) is 8.53. The van der Waals surface area contributed by atoms with E-state index < -0.39 is 0 Å². The topological polar surface area (TPSA) is 41.3 Å². The van der Waals surface area contributed by atoms with Crippen LogP contribution in [-0.4, -0.2) is 30.1 Å². The molecule has 3 nitrogen and oxygen atoms in total. The van der Waals surface area contributed by atoms with Gasteiger partial charge in [0.25, 0.3) is 0 Å². The van der Waals surface area contributed by atoms with Gasteiger partial charge in [0.1, 0.15) is 0 Å². The maximum atomic E-state index is 5.95. The molecule has 3 N–H and O–H groups in total. The zero-order valence-electron chi connectivity index (χ0n) is 12.6. The predicted molar refractivity (Wildman–Crippen MR) is 79.5 cm³/mol. The molecule has 0 aromatic heterocycles. The Morgan fingerprint density at radius 2 is 1.53 bits per heavy atom. The van der Waals surface area contributed by atoms with E-state index in [0.29, 0.717) is 6.04 Å². The zero-order chi connectivity index (χ0) is 13.4. The Hall–Kier alpha value is -0.120. The Morgan fingerprint density at radius 3 is 2.05 bits per heavy atom. The molecule has 1 saturated carbocycles. The van der Waals surface area contributed by atoms with Gasteiger partial charge < -0.3 is 4.90 Å². The summed E-state index contributed by atoms with van der Waals surface area (Å²) in [6.45, 7) is 2.40. The van der Waals surface area contributed by atoms with Crippen molar-refractivity contribution in [3.8, 4) is 0 Å². The minimum absolute atomic E-state index is 0.573. The van der Waals surface area contributed by atoms with Gasteiger partial charge in [0.15, 0.2) is 0 Å². The molecule has 2 aliphatic heterocycles. The van der Waals surface area contributed by atoms with Crippen molar-refractivity contribution in [1.29, 1.82) is 0 Å². The molecule has 0 radical (unpaired) electrons. The van der Waals surface area contributed by atoms with Gasteiger partial charge >= 0.3 is 0 Å². The van der Waals surface area contributed by atoms with Crippen LogP contribution >= 0.6 is 0 Å². The van der Waals surface area contributed by atoms with Crippen LogP contribution in [-0.2, 0) is 0 Å². The minimum Gasteiger partial charge on any atom is -0.300 e. The fourth-order valence-corrected chi connectivity index (χ4v) is 5.05. The first-order valence-electron chi connectivity index (χ1n) is 8.37. The number of hydrogen-bond donors (Lipinski definition) is 2. The summed E-state index contributed by atoms with van der Waals surface area (Å²) in [7, 11) is 2.33. The third-order valence-electron chi connectivity index (χ3n) is 6.40. The van der Waals surface area contributed by atoms with Crippen LogP contribution in [0.4, 0.5) is 0 Å². The second-order valence-corrected chi connectivity index (χ2v) is 7.49. The number of hydrogen-bond acceptors (Lipinski definition) is 3. The number of nitrogens with two attached hydrogens (primary N) is 1. The van der Waals surface area contributed by atoms with Gasteiger partial charge in [0.2, 0.25) is 0 Å². The highest BCUT2D eigenvalue weighted by atomic mass is 15.2. The van der Waals surface area contributed by atoms with Crippen molar-refractivity contribution in [2.75, 3.05) is 7.05 Å². The molecule has 110 valence electrons. The molecule has 2 saturated heterocycles. The van der Waals surface area contributed by atoms with Gasteiger partial charge in [-0.1, -0.05) is 19.8 Å². The molecule has 3 fully saturated rings. The summed E-state index contributed by atoms with van der Waals surface area (Å²) in [5, 5.41) is 0. The summed E-state index contributed by atoms with van der Waals surface area (Å²) in [4.78, 5) is 2.63. The van der Waals surface area contributed by atoms with E-state index in [-0.39, 0.29) is 0 Å². The van der Waals surface area contributed by atoms with Crippen LogP contribution in [0.2, 0.25) is 0 Å². The van der Waals surface area contributed by atoms with Crippen molar-refractivity contribution in [3.05, 3.63) is 0 Å². The predicted octanol–water partition coefficient (Wildman–Crippen LogP) is 2.52. The highest BCUT2D eigenvalue weighted by Gasteiger charge is 2.42. The second kappa shape index (κ2) is 5.71. The van der Waals surface area contributed by atoms with Crippen LogP contribution in [0.3, 0.4) is 0 Å². The Morgan fingerprint density at radius 1 is 0.947 bits per heavy atom. The minimum atomic E-state index is 0.573. The largest absolute Gasteiger partial charge is 0.300 e. The molecular formula is C16H31N3. The number of piperidine rings is 1. The van der Waals surface area contributed by atoms with Gasteiger partial charge in [-0.3, -0.25) is 11.3 Å². The van der Waals surface area contributed by atoms with Crippen molar-refractivity contribution in [3.63, 3.8) is 0 Å². The molecule has 3 atom stereocenters. The Balaban J connectivity index is 1.63. The first kappa shape index (κ1) is 13.8. The Labute approximate surface area is 118 Å². The number of rotatable bonds is 3. The van der Waals surface area contributed by atoms with E-state index in [2.05, 4.69) is 24.3 Å². The van der Waals surface area contributed by atoms with Crippen LogP contribution in [0.15, 0.2) is 0 Å². The average molecular weight is 265 g/mol. The third kappa shape index (κ3) is 2.70. The maximum absolute atomic E-state index is 5.95. The fraction of sp³-hybridized carbons (Fsp3) is 1.00. The Kier molecular flexibility index (Phi) is 4.16. The van der Waals surface area contributed by atoms with E-state index in [0.717, 1.165) is 29.8 Å². The smallest absolute Gasteiger partial charge is 0.0268 e. The van der Waals surface area contributed by atoms with Gasteiger partial charge in [-0.05, 0) is 63.3 Å². The van der Waals surface area contributed by atoms with Crippen LogP contribution in [0.5, 0.6) is 0 Å². The second-order valence-electron chi connectivity index (χ2n) is 7.49. The van der Waals surface area contributed by atoms with Crippen molar-refractivity contribution in [2.45, 2.75) is 76.4 Å². The molecule has 3 aliphatic rings. The SMILES string of the molecule is CC1CCC(C(NN)C2CC3CCC(C2)N3C)CC1. The first-order chi connectivity index (χ1) is 9.19. The average Bonchev–Trinajstić information content (AvgIpc) is 2.65. The Bertz CT molecular complexity index is 284. The lowest BCUT2D eigenvalue weighted by Crippen LogP contribution is -2.52. The van der Waals surface area contributed by atoms with Crippen LogP contribution in [0.25, 0.3) is 0 Å². The van der Waals surface area contributed by atoms with Gasteiger partial charge in [-0.25, -0.2) is 0 Å². The molecule has 0 amide bonds. The standard InChI is InChI=1S/C16H31N3/c1-11-3-5-12(6-4-11)16(18-17)13-9-14-7-8-15(10-13)19(14)2/h11-16,18H,3-10,17H2,1-2H3. The van der Waals surface area contributed by atoms with Gasteiger partial charge in [-0.2, -0.15) is 0 Å². The van der Waals surface area contributed by atoms with Crippen LogP contribution in [0, 0.1) is 17.8 Å². The van der Waals surface area contributed by atoms with E-state index in [4.69, 9.17) is 5.84 Å². The van der Waals surface area contributed by atoms with E-state index >= 15 is 0 Å². The van der Waals surface area contributed by atoms with Crippen molar-refractivity contribution in [1.82, 2.24) is 10.3 Å². The lowest BCUT2D eigenvalue weighted by atomic mass is 9.72.